The van der Waals surface area contributed by atoms with Gasteiger partial charge in [-0.2, -0.15) is 0 Å². The summed E-state index contributed by atoms with van der Waals surface area (Å²) < 4.78 is 0. The molecule has 4 rings (SSSR count). The molecule has 2 unspecified atom stereocenters. The molecule has 0 radical (unpaired) electrons. The molecule has 3 aliphatic rings. The second-order valence-corrected chi connectivity index (χ2v) is 6.20. The third kappa shape index (κ3) is 2.63. The molecule has 2 N–H and O–H groups in total. The van der Waals surface area contributed by atoms with Crippen LogP contribution in [0.25, 0.3) is 0 Å². The van der Waals surface area contributed by atoms with Crippen LogP contribution in [-0.2, 0) is 0 Å². The standard InChI is InChI=1S/C16H24N2O/c1-11-3-4-16(19)14(9-11)12(2)17-15-10-18-7-5-13(15)6-8-18/h3-4,9,12-13,15,17,19H,5-8,10H2,1-2H3. The number of aryl methyl sites for hydroxylation is 1. The van der Waals surface area contributed by atoms with Crippen molar-refractivity contribution in [2.45, 2.75) is 38.8 Å². The van der Waals surface area contributed by atoms with E-state index in [1.54, 1.807) is 6.07 Å². The number of hydrogen-bond acceptors (Lipinski definition) is 3. The Morgan fingerprint density at radius 2 is 2.05 bits per heavy atom. The van der Waals surface area contributed by atoms with Crippen molar-refractivity contribution >= 4 is 0 Å². The average Bonchev–Trinajstić information content (AvgIpc) is 2.43. The number of nitrogens with zero attached hydrogens (tertiary/aromatic N) is 1. The highest BCUT2D eigenvalue weighted by molar-refractivity contribution is 5.37. The van der Waals surface area contributed by atoms with Crippen LogP contribution in [0.4, 0.5) is 0 Å². The molecule has 19 heavy (non-hydrogen) atoms. The summed E-state index contributed by atoms with van der Waals surface area (Å²) in [5.74, 6) is 1.23. The second kappa shape index (κ2) is 5.14. The lowest BCUT2D eigenvalue weighted by molar-refractivity contribution is 0.0679. The predicted octanol–water partition coefficient (Wildman–Crippen LogP) is 2.45. The van der Waals surface area contributed by atoms with Crippen LogP contribution in [0.3, 0.4) is 0 Å². The minimum Gasteiger partial charge on any atom is -0.508 e. The lowest BCUT2D eigenvalue weighted by Crippen LogP contribution is -2.56. The van der Waals surface area contributed by atoms with Gasteiger partial charge in [0.2, 0.25) is 0 Å². The smallest absolute Gasteiger partial charge is 0.120 e. The first-order chi connectivity index (χ1) is 9.13. The predicted molar refractivity (Wildman–Crippen MR) is 77.3 cm³/mol. The summed E-state index contributed by atoms with van der Waals surface area (Å²) in [6, 6.07) is 6.65. The van der Waals surface area contributed by atoms with Crippen LogP contribution in [0.2, 0.25) is 0 Å². The zero-order valence-corrected chi connectivity index (χ0v) is 11.9. The molecule has 3 fully saturated rings. The van der Waals surface area contributed by atoms with E-state index >= 15 is 0 Å². The maximum Gasteiger partial charge on any atom is 0.120 e. The molecule has 1 aromatic rings. The van der Waals surface area contributed by atoms with Gasteiger partial charge < -0.3 is 15.3 Å². The molecule has 0 amide bonds. The van der Waals surface area contributed by atoms with Crippen LogP contribution >= 0.6 is 0 Å². The van der Waals surface area contributed by atoms with E-state index in [9.17, 15) is 5.11 Å². The molecule has 2 bridgehead atoms. The summed E-state index contributed by atoms with van der Waals surface area (Å²) in [6.45, 7) is 7.94. The fourth-order valence-corrected chi connectivity index (χ4v) is 3.59. The van der Waals surface area contributed by atoms with Crippen LogP contribution in [0, 0.1) is 12.8 Å². The van der Waals surface area contributed by atoms with Crippen LogP contribution in [0.15, 0.2) is 18.2 Å². The highest BCUT2D eigenvalue weighted by atomic mass is 16.3. The van der Waals surface area contributed by atoms with E-state index in [2.05, 4.69) is 30.1 Å². The number of benzene rings is 1. The number of phenols is 1. The van der Waals surface area contributed by atoms with Crippen molar-refractivity contribution in [2.24, 2.45) is 5.92 Å². The SMILES string of the molecule is Cc1ccc(O)c(C(C)NC2CN3CCC2CC3)c1. The van der Waals surface area contributed by atoms with Crippen molar-refractivity contribution in [1.29, 1.82) is 0 Å². The summed E-state index contributed by atoms with van der Waals surface area (Å²) >= 11 is 0. The lowest BCUT2D eigenvalue weighted by atomic mass is 9.83. The van der Waals surface area contributed by atoms with Gasteiger partial charge in [-0.3, -0.25) is 0 Å². The maximum atomic E-state index is 10.0. The van der Waals surface area contributed by atoms with Gasteiger partial charge in [0.25, 0.3) is 0 Å². The summed E-state index contributed by atoms with van der Waals surface area (Å²) in [5, 5.41) is 13.7. The van der Waals surface area contributed by atoms with Gasteiger partial charge in [0.1, 0.15) is 5.75 Å². The summed E-state index contributed by atoms with van der Waals surface area (Å²) in [4.78, 5) is 2.56. The van der Waals surface area contributed by atoms with Crippen molar-refractivity contribution < 1.29 is 5.11 Å². The van der Waals surface area contributed by atoms with E-state index in [-0.39, 0.29) is 6.04 Å². The van der Waals surface area contributed by atoms with E-state index in [4.69, 9.17) is 0 Å². The lowest BCUT2D eigenvalue weighted by Gasteiger charge is -2.46. The number of rotatable bonds is 3. The second-order valence-electron chi connectivity index (χ2n) is 6.20. The molecular weight excluding hydrogens is 236 g/mol. The average molecular weight is 260 g/mol. The quantitative estimate of drug-likeness (QED) is 0.876. The Hall–Kier alpha value is -1.06. The fraction of sp³-hybridized carbons (Fsp3) is 0.625. The molecular formula is C16H24N2O. The van der Waals surface area contributed by atoms with Crippen molar-refractivity contribution in [1.82, 2.24) is 10.2 Å². The molecule has 0 spiro atoms. The maximum absolute atomic E-state index is 10.0. The van der Waals surface area contributed by atoms with E-state index < -0.39 is 0 Å². The zero-order valence-electron chi connectivity index (χ0n) is 11.9. The van der Waals surface area contributed by atoms with Crippen molar-refractivity contribution in [3.05, 3.63) is 29.3 Å². The fourth-order valence-electron chi connectivity index (χ4n) is 3.59. The number of piperidine rings is 3. The molecule has 3 saturated heterocycles. The van der Waals surface area contributed by atoms with Gasteiger partial charge in [-0.1, -0.05) is 17.7 Å². The molecule has 3 aliphatic heterocycles. The van der Waals surface area contributed by atoms with Crippen LogP contribution in [-0.4, -0.2) is 35.7 Å². The third-order valence-corrected chi connectivity index (χ3v) is 4.77. The highest BCUT2D eigenvalue weighted by Crippen LogP contribution is 2.31. The third-order valence-electron chi connectivity index (χ3n) is 4.77. The first-order valence-corrected chi connectivity index (χ1v) is 7.41. The number of fused-ring (bicyclic) bond motifs is 3. The highest BCUT2D eigenvalue weighted by Gasteiger charge is 2.34. The normalized spacial score (nSPS) is 31.4. The molecule has 2 atom stereocenters. The first-order valence-electron chi connectivity index (χ1n) is 7.41. The van der Waals surface area contributed by atoms with Gasteiger partial charge in [0.05, 0.1) is 0 Å². The molecule has 0 aliphatic carbocycles. The first kappa shape index (κ1) is 12.9. The monoisotopic (exact) mass is 260 g/mol. The molecule has 1 aromatic carbocycles. The number of phenolic OH excluding ortho intramolecular Hbond substituents is 1. The number of hydrogen-bond donors (Lipinski definition) is 2. The summed E-state index contributed by atoms with van der Waals surface area (Å²) in [5.41, 5.74) is 2.23. The Balaban J connectivity index is 1.71. The number of nitrogens with one attached hydrogen (secondary N) is 1. The van der Waals surface area contributed by atoms with Gasteiger partial charge in [-0.25, -0.2) is 0 Å². The van der Waals surface area contributed by atoms with E-state index in [0.29, 0.717) is 11.8 Å². The van der Waals surface area contributed by atoms with Gasteiger partial charge in [0.15, 0.2) is 0 Å². The Bertz CT molecular complexity index is 452. The molecule has 3 heteroatoms. The van der Waals surface area contributed by atoms with Gasteiger partial charge >= 0.3 is 0 Å². The van der Waals surface area contributed by atoms with E-state index in [1.807, 2.05) is 6.07 Å². The van der Waals surface area contributed by atoms with Gasteiger partial charge in [-0.05, 0) is 51.8 Å². The summed E-state index contributed by atoms with van der Waals surface area (Å²) in [7, 11) is 0. The molecule has 104 valence electrons. The van der Waals surface area contributed by atoms with Gasteiger partial charge in [0, 0.05) is 24.2 Å². The minimum absolute atomic E-state index is 0.213. The van der Waals surface area contributed by atoms with E-state index in [0.717, 1.165) is 11.5 Å². The van der Waals surface area contributed by atoms with Crippen LogP contribution in [0.5, 0.6) is 5.75 Å². The number of aromatic hydroxyl groups is 1. The van der Waals surface area contributed by atoms with Crippen LogP contribution < -0.4 is 5.32 Å². The Kier molecular flexibility index (Phi) is 3.50. The van der Waals surface area contributed by atoms with E-state index in [1.165, 1.54) is 38.0 Å². The molecule has 3 heterocycles. The summed E-state index contributed by atoms with van der Waals surface area (Å²) in [6.07, 6.45) is 2.65. The van der Waals surface area contributed by atoms with Crippen molar-refractivity contribution in [2.75, 3.05) is 19.6 Å². The Labute approximate surface area is 115 Å². The van der Waals surface area contributed by atoms with Gasteiger partial charge in [-0.15, -0.1) is 0 Å². The topological polar surface area (TPSA) is 35.5 Å². The molecule has 0 saturated carbocycles. The molecule has 0 aromatic heterocycles. The minimum atomic E-state index is 0.213. The Morgan fingerprint density at radius 1 is 1.32 bits per heavy atom. The molecule has 3 nitrogen and oxygen atoms in total. The van der Waals surface area contributed by atoms with Crippen molar-refractivity contribution in [3.63, 3.8) is 0 Å². The van der Waals surface area contributed by atoms with Crippen molar-refractivity contribution in [3.8, 4) is 5.75 Å². The Morgan fingerprint density at radius 3 is 2.68 bits per heavy atom. The zero-order chi connectivity index (χ0) is 13.4. The largest absolute Gasteiger partial charge is 0.508 e. The van der Waals surface area contributed by atoms with Crippen LogP contribution in [0.1, 0.15) is 36.9 Å².